The van der Waals surface area contributed by atoms with Gasteiger partial charge in [-0.3, -0.25) is 4.57 Å². The third-order valence-electron chi connectivity index (χ3n) is 4.74. The number of nitriles is 1. The van der Waals surface area contributed by atoms with Crippen molar-refractivity contribution in [2.75, 3.05) is 0 Å². The molecule has 0 saturated heterocycles. The standard InChI is InChI=1S/C19H17N3O3/c1-19(2)17(23)16(12-9-11(10-20)7-8-15(12)25-19)22-14-6-4-3-5-13(14)21-18(22)24/h3-9,16-17,23H,1-2H3,(H,21,24)/t16-,17+/m0/s1. The van der Waals surface area contributed by atoms with Gasteiger partial charge in [0.05, 0.1) is 28.7 Å². The molecule has 0 aliphatic carbocycles. The molecule has 6 nitrogen and oxygen atoms in total. The van der Waals surface area contributed by atoms with Gasteiger partial charge in [-0.25, -0.2) is 4.79 Å². The third-order valence-corrected chi connectivity index (χ3v) is 4.74. The lowest BCUT2D eigenvalue weighted by Gasteiger charge is -2.42. The second-order valence-electron chi connectivity index (χ2n) is 6.78. The van der Waals surface area contributed by atoms with Crippen LogP contribution in [0.5, 0.6) is 5.75 Å². The number of para-hydroxylation sites is 2. The molecule has 3 aromatic rings. The van der Waals surface area contributed by atoms with E-state index in [1.165, 1.54) is 0 Å². The lowest BCUT2D eigenvalue weighted by atomic mass is 9.85. The van der Waals surface area contributed by atoms with Crippen molar-refractivity contribution in [3.63, 3.8) is 0 Å². The second-order valence-corrected chi connectivity index (χ2v) is 6.78. The number of aromatic amines is 1. The zero-order chi connectivity index (χ0) is 17.8. The molecular weight excluding hydrogens is 318 g/mol. The zero-order valence-corrected chi connectivity index (χ0v) is 13.9. The first-order valence-corrected chi connectivity index (χ1v) is 8.03. The van der Waals surface area contributed by atoms with Gasteiger partial charge < -0.3 is 14.8 Å². The van der Waals surface area contributed by atoms with Crippen LogP contribution in [0.1, 0.15) is 31.0 Å². The zero-order valence-electron chi connectivity index (χ0n) is 13.9. The highest BCUT2D eigenvalue weighted by Gasteiger charge is 2.45. The summed E-state index contributed by atoms with van der Waals surface area (Å²) in [7, 11) is 0. The Kier molecular flexibility index (Phi) is 3.24. The number of nitrogens with zero attached hydrogens (tertiary/aromatic N) is 2. The number of aromatic nitrogens is 2. The molecule has 0 radical (unpaired) electrons. The lowest BCUT2D eigenvalue weighted by molar-refractivity contribution is -0.0635. The van der Waals surface area contributed by atoms with Gasteiger partial charge in [-0.15, -0.1) is 0 Å². The van der Waals surface area contributed by atoms with Crippen LogP contribution in [0.25, 0.3) is 11.0 Å². The van der Waals surface area contributed by atoms with Crippen molar-refractivity contribution >= 4 is 11.0 Å². The van der Waals surface area contributed by atoms with E-state index in [0.29, 0.717) is 27.9 Å². The van der Waals surface area contributed by atoms with E-state index in [0.717, 1.165) is 0 Å². The number of aliphatic hydroxyl groups excluding tert-OH is 1. The van der Waals surface area contributed by atoms with E-state index in [4.69, 9.17) is 4.74 Å². The quantitative estimate of drug-likeness (QED) is 0.714. The van der Waals surface area contributed by atoms with Crippen LogP contribution < -0.4 is 10.4 Å². The minimum atomic E-state index is -0.967. The maximum Gasteiger partial charge on any atom is 0.327 e. The Morgan fingerprint density at radius 2 is 2.04 bits per heavy atom. The van der Waals surface area contributed by atoms with Crippen LogP contribution in [0.2, 0.25) is 0 Å². The van der Waals surface area contributed by atoms with Gasteiger partial charge in [0.1, 0.15) is 17.5 Å². The summed E-state index contributed by atoms with van der Waals surface area (Å²) in [6, 6.07) is 13.8. The number of benzene rings is 2. The summed E-state index contributed by atoms with van der Waals surface area (Å²) in [6.45, 7) is 3.57. The maximum absolute atomic E-state index is 12.6. The molecule has 0 fully saturated rings. The normalized spacial score (nSPS) is 21.4. The molecule has 0 amide bonds. The summed E-state index contributed by atoms with van der Waals surface area (Å²) in [5.41, 5.74) is 1.27. The number of ether oxygens (including phenoxy) is 1. The summed E-state index contributed by atoms with van der Waals surface area (Å²) in [4.78, 5) is 15.5. The van der Waals surface area contributed by atoms with E-state index in [1.54, 1.807) is 36.6 Å². The fraction of sp³-hybridized carbons (Fsp3) is 0.263. The highest BCUT2D eigenvalue weighted by atomic mass is 16.5. The van der Waals surface area contributed by atoms with Crippen LogP contribution in [0.3, 0.4) is 0 Å². The Morgan fingerprint density at radius 3 is 2.80 bits per heavy atom. The molecule has 2 atom stereocenters. The average Bonchev–Trinajstić information content (AvgIpc) is 2.91. The minimum Gasteiger partial charge on any atom is -0.485 e. The van der Waals surface area contributed by atoms with Crippen molar-refractivity contribution in [1.82, 2.24) is 9.55 Å². The first-order valence-electron chi connectivity index (χ1n) is 8.03. The van der Waals surface area contributed by atoms with Crippen molar-refractivity contribution in [3.8, 4) is 11.8 Å². The maximum atomic E-state index is 12.6. The Balaban J connectivity index is 2.04. The van der Waals surface area contributed by atoms with E-state index in [9.17, 15) is 15.2 Å². The molecule has 4 rings (SSSR count). The van der Waals surface area contributed by atoms with Gasteiger partial charge in [0.2, 0.25) is 0 Å². The van der Waals surface area contributed by atoms with Gasteiger partial charge in [0, 0.05) is 5.56 Å². The Morgan fingerprint density at radius 1 is 1.28 bits per heavy atom. The number of aliphatic hydroxyl groups is 1. The molecule has 1 aliphatic rings. The van der Waals surface area contributed by atoms with Gasteiger partial charge in [0.15, 0.2) is 0 Å². The number of rotatable bonds is 1. The van der Waals surface area contributed by atoms with Gasteiger partial charge in [-0.05, 0) is 44.2 Å². The summed E-state index contributed by atoms with van der Waals surface area (Å²) < 4.78 is 7.47. The van der Waals surface area contributed by atoms with E-state index in [-0.39, 0.29) is 5.69 Å². The summed E-state index contributed by atoms with van der Waals surface area (Å²) in [6.07, 6.45) is -0.967. The Hall–Kier alpha value is -3.04. The lowest BCUT2D eigenvalue weighted by Crippen LogP contribution is -2.51. The van der Waals surface area contributed by atoms with Crippen molar-refractivity contribution in [1.29, 1.82) is 5.26 Å². The van der Waals surface area contributed by atoms with Crippen molar-refractivity contribution < 1.29 is 9.84 Å². The van der Waals surface area contributed by atoms with Crippen LogP contribution in [0, 0.1) is 11.3 Å². The highest BCUT2D eigenvalue weighted by molar-refractivity contribution is 5.75. The smallest absolute Gasteiger partial charge is 0.327 e. The summed E-state index contributed by atoms with van der Waals surface area (Å²) in [5, 5.41) is 20.2. The molecule has 2 N–H and O–H groups in total. The molecule has 0 unspecified atom stereocenters. The van der Waals surface area contributed by atoms with E-state index in [1.807, 2.05) is 24.3 Å². The molecular formula is C19H17N3O3. The molecule has 0 spiro atoms. The average molecular weight is 335 g/mol. The molecule has 25 heavy (non-hydrogen) atoms. The largest absolute Gasteiger partial charge is 0.485 e. The first-order chi connectivity index (χ1) is 11.9. The van der Waals surface area contributed by atoms with Crippen molar-refractivity contribution in [2.45, 2.75) is 31.6 Å². The number of nitrogens with one attached hydrogen (secondary N) is 1. The number of imidazole rings is 1. The number of hydrogen-bond donors (Lipinski definition) is 2. The number of hydrogen-bond acceptors (Lipinski definition) is 4. The van der Waals surface area contributed by atoms with Gasteiger partial charge in [-0.2, -0.15) is 5.26 Å². The molecule has 6 heteroatoms. The fourth-order valence-electron chi connectivity index (χ4n) is 3.47. The minimum absolute atomic E-state index is 0.309. The van der Waals surface area contributed by atoms with Crippen LogP contribution in [0.15, 0.2) is 47.3 Å². The molecule has 2 aromatic carbocycles. The van der Waals surface area contributed by atoms with Crippen LogP contribution in [-0.4, -0.2) is 26.4 Å². The third kappa shape index (κ3) is 2.24. The predicted octanol–water partition coefficient (Wildman–Crippen LogP) is 2.32. The van der Waals surface area contributed by atoms with Gasteiger partial charge in [0.25, 0.3) is 0 Å². The van der Waals surface area contributed by atoms with Crippen molar-refractivity contribution in [2.24, 2.45) is 0 Å². The van der Waals surface area contributed by atoms with Crippen LogP contribution in [-0.2, 0) is 0 Å². The molecule has 0 saturated carbocycles. The summed E-state index contributed by atoms with van der Waals surface area (Å²) in [5.74, 6) is 0.566. The van der Waals surface area contributed by atoms with E-state index >= 15 is 0 Å². The highest BCUT2D eigenvalue weighted by Crippen LogP contribution is 2.42. The number of fused-ring (bicyclic) bond motifs is 2. The van der Waals surface area contributed by atoms with Gasteiger partial charge in [-0.1, -0.05) is 12.1 Å². The topological polar surface area (TPSA) is 91.0 Å². The van der Waals surface area contributed by atoms with E-state index in [2.05, 4.69) is 11.1 Å². The molecule has 0 bridgehead atoms. The Bertz CT molecular complexity index is 1070. The molecule has 2 heterocycles. The predicted molar refractivity (Wildman–Crippen MR) is 92.6 cm³/mol. The molecule has 126 valence electrons. The van der Waals surface area contributed by atoms with Crippen LogP contribution >= 0.6 is 0 Å². The fourth-order valence-corrected chi connectivity index (χ4v) is 3.47. The molecule has 1 aromatic heterocycles. The SMILES string of the molecule is CC1(C)Oc2ccc(C#N)cc2[C@H](n2c(=O)[nH]c3ccccc32)[C@H]1O. The van der Waals surface area contributed by atoms with Crippen molar-refractivity contribution in [3.05, 3.63) is 64.1 Å². The van der Waals surface area contributed by atoms with E-state index < -0.39 is 17.7 Å². The first kappa shape index (κ1) is 15.5. The summed E-state index contributed by atoms with van der Waals surface area (Å²) >= 11 is 0. The molecule has 1 aliphatic heterocycles. The Labute approximate surface area is 143 Å². The number of H-pyrrole nitrogens is 1. The monoisotopic (exact) mass is 335 g/mol. The second kappa shape index (κ2) is 5.23. The van der Waals surface area contributed by atoms with Crippen LogP contribution in [0.4, 0.5) is 0 Å². The van der Waals surface area contributed by atoms with Gasteiger partial charge >= 0.3 is 5.69 Å².